The molecule has 4 fully saturated rings. The molecule has 3 aliphatic carbocycles. The summed E-state index contributed by atoms with van der Waals surface area (Å²) in [5.74, 6) is -0.0710. The van der Waals surface area contributed by atoms with Crippen LogP contribution in [0.1, 0.15) is 43.0 Å². The topological polar surface area (TPSA) is 79.1 Å². The Balaban J connectivity index is 1.23. The van der Waals surface area contributed by atoms with Gasteiger partial charge in [-0.15, -0.1) is 0 Å². The summed E-state index contributed by atoms with van der Waals surface area (Å²) < 4.78 is 33.6. The number of rotatable bonds is 5. The Labute approximate surface area is 172 Å². The lowest BCUT2D eigenvalue weighted by Gasteiger charge is -2.69. The summed E-state index contributed by atoms with van der Waals surface area (Å²) in [6, 6.07) is 9.09. The van der Waals surface area contributed by atoms with Crippen molar-refractivity contribution in [3.63, 3.8) is 0 Å². The Morgan fingerprint density at radius 3 is 2.83 bits per heavy atom. The van der Waals surface area contributed by atoms with E-state index in [9.17, 15) is 13.6 Å². The number of halogens is 2. The third kappa shape index (κ3) is 3.00. The molecule has 154 valence electrons. The molecule has 0 spiro atoms. The average molecular weight is 410 g/mol. The lowest BCUT2D eigenvalue weighted by Crippen LogP contribution is -2.69. The number of hydrogen-bond donors (Lipinski definition) is 0. The number of nitriles is 1. The fourth-order valence-electron chi connectivity index (χ4n) is 5.43. The molecule has 4 aliphatic rings. The molecule has 2 heterocycles. The molecule has 1 aromatic carbocycles. The van der Waals surface area contributed by atoms with Gasteiger partial charge in [0.1, 0.15) is 30.1 Å². The Kier molecular flexibility index (Phi) is 4.24. The van der Waals surface area contributed by atoms with E-state index in [0.717, 1.165) is 0 Å². The van der Waals surface area contributed by atoms with Crippen LogP contribution in [0.4, 0.5) is 8.78 Å². The standard InChI is InChI=1S/C22H20F2N4O2/c23-15-3-1-2-14(4-15)18-5-16(24)8-28(18)20(29)22-9-21(10-22,11-22)12-30-19-6-17(7-25)26-13-27-19/h1-4,6,13,16,18H,5,8-12H2. The lowest BCUT2D eigenvalue weighted by atomic mass is 9.35. The minimum Gasteiger partial charge on any atom is -0.477 e. The van der Waals surface area contributed by atoms with E-state index in [4.69, 9.17) is 10.00 Å². The van der Waals surface area contributed by atoms with Crippen molar-refractivity contribution in [2.75, 3.05) is 13.2 Å². The zero-order chi connectivity index (χ0) is 20.9. The molecule has 1 saturated heterocycles. The summed E-state index contributed by atoms with van der Waals surface area (Å²) in [5.41, 5.74) is 0.353. The molecule has 0 radical (unpaired) electrons. The predicted octanol–water partition coefficient (Wildman–Crippen LogP) is 3.35. The maximum absolute atomic E-state index is 14.2. The van der Waals surface area contributed by atoms with Crippen LogP contribution in [-0.2, 0) is 4.79 Å². The molecule has 1 aromatic heterocycles. The van der Waals surface area contributed by atoms with E-state index in [1.165, 1.54) is 24.5 Å². The van der Waals surface area contributed by atoms with Crippen LogP contribution in [0.25, 0.3) is 0 Å². The van der Waals surface area contributed by atoms with Crippen LogP contribution >= 0.6 is 0 Å². The molecule has 0 N–H and O–H groups in total. The number of amides is 1. The van der Waals surface area contributed by atoms with Crippen molar-refractivity contribution < 1.29 is 18.3 Å². The molecule has 2 unspecified atom stereocenters. The van der Waals surface area contributed by atoms with Crippen molar-refractivity contribution in [2.24, 2.45) is 10.8 Å². The summed E-state index contributed by atoms with van der Waals surface area (Å²) in [6.45, 7) is 0.478. The van der Waals surface area contributed by atoms with Gasteiger partial charge in [-0.3, -0.25) is 4.79 Å². The molecule has 6 rings (SSSR count). The number of aromatic nitrogens is 2. The fourth-order valence-corrected chi connectivity index (χ4v) is 5.43. The van der Waals surface area contributed by atoms with Gasteiger partial charge in [-0.2, -0.15) is 5.26 Å². The van der Waals surface area contributed by atoms with E-state index in [1.54, 1.807) is 17.0 Å². The van der Waals surface area contributed by atoms with Crippen LogP contribution in [0, 0.1) is 28.0 Å². The monoisotopic (exact) mass is 410 g/mol. The summed E-state index contributed by atoms with van der Waals surface area (Å²) in [4.78, 5) is 22.7. The van der Waals surface area contributed by atoms with E-state index in [1.807, 2.05) is 6.07 Å². The lowest BCUT2D eigenvalue weighted by molar-refractivity contribution is -0.226. The molecule has 6 nitrogen and oxygen atoms in total. The molecule has 2 atom stereocenters. The third-order valence-corrected chi connectivity index (χ3v) is 6.62. The SMILES string of the molecule is N#Cc1cc(OCC23CC(C(=O)N4CC(F)CC4c4cccc(F)c4)(C2)C3)ncn1. The summed E-state index contributed by atoms with van der Waals surface area (Å²) in [6.07, 6.45) is 2.47. The van der Waals surface area contributed by atoms with E-state index in [0.29, 0.717) is 37.3 Å². The van der Waals surface area contributed by atoms with Crippen LogP contribution in [0.3, 0.4) is 0 Å². The fraction of sp³-hybridized carbons (Fsp3) is 0.455. The molecule has 30 heavy (non-hydrogen) atoms. The highest BCUT2D eigenvalue weighted by Gasteiger charge is 2.72. The van der Waals surface area contributed by atoms with Crippen molar-refractivity contribution in [3.8, 4) is 11.9 Å². The number of nitrogens with zero attached hydrogens (tertiary/aromatic N) is 4. The van der Waals surface area contributed by atoms with E-state index < -0.39 is 17.6 Å². The van der Waals surface area contributed by atoms with Crippen molar-refractivity contribution in [2.45, 2.75) is 37.9 Å². The van der Waals surface area contributed by atoms with Gasteiger partial charge >= 0.3 is 0 Å². The van der Waals surface area contributed by atoms with Gasteiger partial charge in [0.05, 0.1) is 24.6 Å². The average Bonchev–Trinajstić information content (AvgIpc) is 3.08. The Morgan fingerprint density at radius 1 is 1.30 bits per heavy atom. The number of likely N-dealkylation sites (tertiary alicyclic amines) is 1. The van der Waals surface area contributed by atoms with Crippen molar-refractivity contribution >= 4 is 5.91 Å². The van der Waals surface area contributed by atoms with Crippen molar-refractivity contribution in [3.05, 3.63) is 53.7 Å². The van der Waals surface area contributed by atoms with E-state index >= 15 is 0 Å². The smallest absolute Gasteiger partial charge is 0.229 e. The predicted molar refractivity (Wildman–Crippen MR) is 101 cm³/mol. The number of ether oxygens (including phenoxy) is 1. The van der Waals surface area contributed by atoms with Gasteiger partial charge < -0.3 is 9.64 Å². The largest absolute Gasteiger partial charge is 0.477 e. The Morgan fingerprint density at radius 2 is 2.10 bits per heavy atom. The Bertz CT molecular complexity index is 1030. The van der Waals surface area contributed by atoms with Gasteiger partial charge in [0.25, 0.3) is 0 Å². The Hall–Kier alpha value is -3.08. The van der Waals surface area contributed by atoms with Gasteiger partial charge in [0.15, 0.2) is 0 Å². The van der Waals surface area contributed by atoms with Crippen LogP contribution in [0.15, 0.2) is 36.7 Å². The first-order valence-corrected chi connectivity index (χ1v) is 9.98. The highest BCUT2D eigenvalue weighted by molar-refractivity contribution is 5.87. The van der Waals surface area contributed by atoms with Crippen LogP contribution < -0.4 is 4.74 Å². The molecule has 8 heteroatoms. The highest BCUT2D eigenvalue weighted by Crippen LogP contribution is 2.74. The highest BCUT2D eigenvalue weighted by atomic mass is 19.1. The maximum Gasteiger partial charge on any atom is 0.229 e. The summed E-state index contributed by atoms with van der Waals surface area (Å²) in [7, 11) is 0. The van der Waals surface area contributed by atoms with Crippen molar-refractivity contribution in [1.29, 1.82) is 5.26 Å². The maximum atomic E-state index is 14.2. The van der Waals surface area contributed by atoms with E-state index in [-0.39, 0.29) is 35.8 Å². The zero-order valence-electron chi connectivity index (χ0n) is 16.2. The number of benzene rings is 1. The van der Waals surface area contributed by atoms with Crippen LogP contribution in [0.2, 0.25) is 0 Å². The summed E-state index contributed by atoms with van der Waals surface area (Å²) >= 11 is 0. The number of carbonyl (C=O) groups excluding carboxylic acids is 1. The molecular weight excluding hydrogens is 390 g/mol. The molecule has 1 amide bonds. The van der Waals surface area contributed by atoms with Gasteiger partial charge in [-0.05, 0) is 37.0 Å². The molecule has 2 bridgehead atoms. The molecule has 1 aliphatic heterocycles. The third-order valence-electron chi connectivity index (χ3n) is 6.62. The second kappa shape index (κ2) is 6.73. The minimum atomic E-state index is -1.10. The number of carbonyl (C=O) groups is 1. The normalized spacial score (nSPS) is 31.4. The second-order valence-electron chi connectivity index (χ2n) is 8.81. The first-order valence-electron chi connectivity index (χ1n) is 9.98. The van der Waals surface area contributed by atoms with Crippen LogP contribution in [-0.4, -0.2) is 40.1 Å². The van der Waals surface area contributed by atoms with Crippen LogP contribution in [0.5, 0.6) is 5.88 Å². The van der Waals surface area contributed by atoms with Crippen molar-refractivity contribution in [1.82, 2.24) is 14.9 Å². The van der Waals surface area contributed by atoms with Gasteiger partial charge in [-0.1, -0.05) is 12.1 Å². The van der Waals surface area contributed by atoms with Gasteiger partial charge in [-0.25, -0.2) is 18.7 Å². The van der Waals surface area contributed by atoms with Gasteiger partial charge in [0.2, 0.25) is 11.8 Å². The first kappa shape index (κ1) is 18.9. The summed E-state index contributed by atoms with van der Waals surface area (Å²) in [5, 5.41) is 8.91. The minimum absolute atomic E-state index is 0.0346. The first-order chi connectivity index (χ1) is 14.4. The van der Waals surface area contributed by atoms with E-state index in [2.05, 4.69) is 9.97 Å². The second-order valence-corrected chi connectivity index (χ2v) is 8.81. The molecular formula is C22H20F2N4O2. The number of alkyl halides is 1. The quantitative estimate of drug-likeness (QED) is 0.755. The molecule has 3 saturated carbocycles. The zero-order valence-corrected chi connectivity index (χ0v) is 16.2. The molecule has 2 aromatic rings. The van der Waals surface area contributed by atoms with Gasteiger partial charge in [0, 0.05) is 17.9 Å². The number of hydrogen-bond acceptors (Lipinski definition) is 5.